The zero-order valence-corrected chi connectivity index (χ0v) is 27.0. The molecule has 252 valence electrons. The minimum absolute atomic E-state index is 0.00785. The van der Waals surface area contributed by atoms with Crippen molar-refractivity contribution in [3.05, 3.63) is 108 Å². The topological polar surface area (TPSA) is 174 Å². The van der Waals surface area contributed by atoms with Crippen molar-refractivity contribution >= 4 is 51.4 Å². The van der Waals surface area contributed by atoms with E-state index in [1.807, 2.05) is 54.6 Å². The summed E-state index contributed by atoms with van der Waals surface area (Å²) in [6, 6.07) is 20.7. The summed E-state index contributed by atoms with van der Waals surface area (Å²) in [7, 11) is 0. The molecule has 0 spiro atoms. The number of aromatic nitrogens is 2. The maximum atomic E-state index is 14.1. The predicted molar refractivity (Wildman–Crippen MR) is 183 cm³/mol. The Balaban J connectivity index is 1.31. The highest BCUT2D eigenvalue weighted by molar-refractivity contribution is 5.96. The minimum atomic E-state index is -1.31. The fourth-order valence-corrected chi connectivity index (χ4v) is 6.14. The summed E-state index contributed by atoms with van der Waals surface area (Å²) in [5, 5.41) is 12.9. The first-order chi connectivity index (χ1) is 23.7. The molecule has 1 saturated heterocycles. The lowest BCUT2D eigenvalue weighted by molar-refractivity contribution is -0.152. The molecule has 0 bridgehead atoms. The number of amides is 4. The molecule has 1 aliphatic heterocycles. The van der Waals surface area contributed by atoms with Gasteiger partial charge in [-0.15, -0.1) is 0 Å². The summed E-state index contributed by atoms with van der Waals surface area (Å²) in [6.45, 7) is 1.45. The Morgan fingerprint density at radius 2 is 1.29 bits per heavy atom. The van der Waals surface area contributed by atoms with Gasteiger partial charge in [0.05, 0.1) is 12.8 Å². The van der Waals surface area contributed by atoms with Crippen LogP contribution in [0.2, 0.25) is 0 Å². The van der Waals surface area contributed by atoms with Crippen LogP contribution in [-0.4, -0.2) is 70.3 Å². The first-order valence-corrected chi connectivity index (χ1v) is 16.3. The third kappa shape index (κ3) is 7.98. The number of hydrogen-bond donors (Lipinski definition) is 6. The first kappa shape index (κ1) is 33.0. The Bertz CT molecular complexity index is 1980. The summed E-state index contributed by atoms with van der Waals surface area (Å²) < 4.78 is 5.57. The molecule has 6 rings (SSSR count). The van der Waals surface area contributed by atoms with E-state index in [-0.39, 0.29) is 32.2 Å². The molecule has 3 aromatic carbocycles. The predicted octanol–water partition coefficient (Wildman–Crippen LogP) is 2.58. The monoisotopic (exact) mass is 662 g/mol. The summed E-state index contributed by atoms with van der Waals surface area (Å²) in [5.41, 5.74) is 4.04. The summed E-state index contributed by atoms with van der Waals surface area (Å²) >= 11 is 0. The highest BCUT2D eigenvalue weighted by Crippen LogP contribution is 2.21. The Kier molecular flexibility index (Phi) is 10.0. The highest BCUT2D eigenvalue weighted by atomic mass is 16.5. The van der Waals surface area contributed by atoms with E-state index in [2.05, 4.69) is 31.2 Å². The number of cyclic esters (lactones) is 1. The van der Waals surface area contributed by atoms with Crippen LogP contribution in [-0.2, 0) is 48.0 Å². The molecule has 5 aromatic rings. The molecule has 0 saturated carbocycles. The van der Waals surface area contributed by atoms with Gasteiger partial charge in [0.2, 0.25) is 23.6 Å². The maximum absolute atomic E-state index is 14.1. The molecule has 12 heteroatoms. The molecule has 12 nitrogen and oxygen atoms in total. The Labute approximate surface area is 282 Å². The summed E-state index contributed by atoms with van der Waals surface area (Å²) in [5.74, 6) is -2.91. The maximum Gasteiger partial charge on any atom is 0.307 e. The lowest BCUT2D eigenvalue weighted by Crippen LogP contribution is -2.60. The van der Waals surface area contributed by atoms with Crippen LogP contribution < -0.4 is 21.3 Å². The van der Waals surface area contributed by atoms with Gasteiger partial charge >= 0.3 is 5.97 Å². The molecule has 2 aromatic heterocycles. The molecular weight excluding hydrogens is 624 g/mol. The number of ether oxygens (including phenoxy) is 1. The van der Waals surface area contributed by atoms with Gasteiger partial charge in [-0.3, -0.25) is 24.0 Å². The molecule has 0 aliphatic carbocycles. The van der Waals surface area contributed by atoms with Crippen LogP contribution in [0.25, 0.3) is 21.8 Å². The number of rotatable bonds is 7. The SMILES string of the molecule is C[C@H]1OC(=O)CCNC(=O)[C@H](Cc2c[nH]c3ccccc23)NC(=O)[C@@H](Cc2c[nH]c3ccccc23)NC(=O)[C@H]1NC(=O)Cc1ccccc1. The zero-order valence-electron chi connectivity index (χ0n) is 27.0. The smallest absolute Gasteiger partial charge is 0.307 e. The van der Waals surface area contributed by atoms with E-state index in [4.69, 9.17) is 4.74 Å². The number of aromatic amines is 2. The van der Waals surface area contributed by atoms with Gasteiger partial charge in [0.25, 0.3) is 0 Å². The van der Waals surface area contributed by atoms with Crippen molar-refractivity contribution in [1.82, 2.24) is 31.2 Å². The van der Waals surface area contributed by atoms with Crippen LogP contribution in [0.4, 0.5) is 0 Å². The van der Waals surface area contributed by atoms with E-state index >= 15 is 0 Å². The van der Waals surface area contributed by atoms with Gasteiger partial charge in [-0.1, -0.05) is 66.7 Å². The van der Waals surface area contributed by atoms with Crippen molar-refractivity contribution in [1.29, 1.82) is 0 Å². The van der Waals surface area contributed by atoms with E-state index in [0.29, 0.717) is 0 Å². The third-order valence-electron chi connectivity index (χ3n) is 8.69. The number of esters is 1. The van der Waals surface area contributed by atoms with Crippen molar-refractivity contribution in [2.24, 2.45) is 0 Å². The number of carbonyl (C=O) groups excluding carboxylic acids is 5. The van der Waals surface area contributed by atoms with Crippen molar-refractivity contribution in [3.63, 3.8) is 0 Å². The van der Waals surface area contributed by atoms with Crippen molar-refractivity contribution in [2.45, 2.75) is 56.8 Å². The normalized spacial score (nSPS) is 20.9. The summed E-state index contributed by atoms with van der Waals surface area (Å²) in [6.07, 6.45) is 2.51. The molecule has 0 unspecified atom stereocenters. The van der Waals surface area contributed by atoms with E-state index in [9.17, 15) is 24.0 Å². The molecule has 3 heterocycles. The number of H-pyrrole nitrogens is 2. The molecule has 0 radical (unpaired) electrons. The van der Waals surface area contributed by atoms with E-state index < -0.39 is 53.8 Å². The van der Waals surface area contributed by atoms with Crippen molar-refractivity contribution in [2.75, 3.05) is 6.54 Å². The Morgan fingerprint density at radius 1 is 0.735 bits per heavy atom. The van der Waals surface area contributed by atoms with Crippen LogP contribution in [0, 0.1) is 0 Å². The van der Waals surface area contributed by atoms with Gasteiger partial charge < -0.3 is 36.0 Å². The number of carbonyl (C=O) groups is 5. The second-order valence-electron chi connectivity index (χ2n) is 12.2. The Hall–Kier alpha value is -5.91. The lowest BCUT2D eigenvalue weighted by Gasteiger charge is -2.28. The van der Waals surface area contributed by atoms with Crippen LogP contribution in [0.15, 0.2) is 91.3 Å². The first-order valence-electron chi connectivity index (χ1n) is 16.3. The van der Waals surface area contributed by atoms with E-state index in [1.54, 1.807) is 36.7 Å². The number of benzene rings is 3. The molecule has 49 heavy (non-hydrogen) atoms. The van der Waals surface area contributed by atoms with Gasteiger partial charge in [0.1, 0.15) is 24.2 Å². The van der Waals surface area contributed by atoms with Crippen LogP contribution in [0.5, 0.6) is 0 Å². The summed E-state index contributed by atoms with van der Waals surface area (Å²) in [4.78, 5) is 74.0. The Morgan fingerprint density at radius 3 is 1.92 bits per heavy atom. The van der Waals surface area contributed by atoms with Crippen molar-refractivity contribution < 1.29 is 28.7 Å². The van der Waals surface area contributed by atoms with Gasteiger partial charge in [-0.2, -0.15) is 0 Å². The van der Waals surface area contributed by atoms with E-state index in [1.165, 1.54) is 6.92 Å². The quantitative estimate of drug-likeness (QED) is 0.146. The van der Waals surface area contributed by atoms with Gasteiger partial charge in [-0.05, 0) is 35.7 Å². The fraction of sp³-hybridized carbons (Fsp3) is 0.270. The van der Waals surface area contributed by atoms with Gasteiger partial charge in [0.15, 0.2) is 0 Å². The second kappa shape index (κ2) is 14.9. The van der Waals surface area contributed by atoms with E-state index in [0.717, 1.165) is 38.5 Å². The lowest BCUT2D eigenvalue weighted by atomic mass is 10.0. The van der Waals surface area contributed by atoms with Crippen LogP contribution in [0.3, 0.4) is 0 Å². The minimum Gasteiger partial charge on any atom is -0.460 e. The number of fused-ring (bicyclic) bond motifs is 2. The average Bonchev–Trinajstić information content (AvgIpc) is 3.70. The van der Waals surface area contributed by atoms with Crippen molar-refractivity contribution in [3.8, 4) is 0 Å². The highest BCUT2D eigenvalue weighted by Gasteiger charge is 2.35. The van der Waals surface area contributed by atoms with Gasteiger partial charge in [-0.25, -0.2) is 0 Å². The molecule has 6 N–H and O–H groups in total. The second-order valence-corrected chi connectivity index (χ2v) is 12.2. The number of para-hydroxylation sites is 2. The zero-order chi connectivity index (χ0) is 34.3. The molecular formula is C37H38N6O6. The molecule has 1 aliphatic rings. The fourth-order valence-electron chi connectivity index (χ4n) is 6.14. The molecule has 1 fully saturated rings. The third-order valence-corrected chi connectivity index (χ3v) is 8.69. The van der Waals surface area contributed by atoms with Crippen LogP contribution in [0.1, 0.15) is 30.0 Å². The average molecular weight is 663 g/mol. The molecule has 4 amide bonds. The number of nitrogens with one attached hydrogen (secondary N) is 6. The molecule has 4 atom stereocenters. The van der Waals surface area contributed by atoms with Gasteiger partial charge in [0, 0.05) is 53.6 Å². The van der Waals surface area contributed by atoms with Crippen LogP contribution >= 0.6 is 0 Å². The largest absolute Gasteiger partial charge is 0.460 e. The number of hydrogen-bond acceptors (Lipinski definition) is 6. The standard InChI is InChI=1S/C37H38N6O6/c1-22-34(43-32(44)17-23-9-3-2-4-10-23)37(48)42-31(19-25-21-40-29-14-8-6-12-27(25)29)36(47)41-30(35(46)38-16-15-33(45)49-22)18-24-20-39-28-13-7-5-11-26(24)28/h2-14,20-22,30-31,34,39-40H,15-19H2,1H3,(H,38,46)(H,41,47)(H,42,48)(H,43,44)/t22-,30+,31-,34+/m1/s1.